The van der Waals surface area contributed by atoms with Crippen LogP contribution in [0, 0.1) is 17.0 Å². The fourth-order valence-electron chi connectivity index (χ4n) is 3.74. The number of nitrogens with zero attached hydrogens (tertiary/aromatic N) is 2. The van der Waals surface area contributed by atoms with Gasteiger partial charge in [-0.3, -0.25) is 10.1 Å². The Labute approximate surface area is 175 Å². The number of hydrogen-bond donors (Lipinski definition) is 1. The van der Waals surface area contributed by atoms with Crippen molar-refractivity contribution < 1.29 is 14.4 Å². The number of pyridine rings is 1. The Morgan fingerprint density at radius 3 is 2.73 bits per heavy atom. The highest BCUT2D eigenvalue weighted by atomic mass is 16.6. The predicted octanol–water partition coefficient (Wildman–Crippen LogP) is 4.76. The van der Waals surface area contributed by atoms with Gasteiger partial charge >= 0.3 is 0 Å². The summed E-state index contributed by atoms with van der Waals surface area (Å²) in [6.07, 6.45) is 2.16. The molecule has 30 heavy (non-hydrogen) atoms. The molecular formula is C23H25N3O4. The number of aromatic nitrogens is 1. The molecule has 0 saturated carbocycles. The number of nitro groups is 1. The molecule has 156 valence electrons. The van der Waals surface area contributed by atoms with Crippen molar-refractivity contribution in [1.82, 2.24) is 4.98 Å². The Morgan fingerprint density at radius 2 is 1.93 bits per heavy atom. The van der Waals surface area contributed by atoms with Gasteiger partial charge in [0.15, 0.2) is 5.52 Å². The van der Waals surface area contributed by atoms with Crippen LogP contribution >= 0.6 is 0 Å². The molecule has 0 aliphatic carbocycles. The molecule has 2 aromatic carbocycles. The topological polar surface area (TPSA) is 86.5 Å². The maximum Gasteiger partial charge on any atom is 0.295 e. The number of aryl methyl sites for hydroxylation is 1. The molecule has 1 aliphatic heterocycles. The Morgan fingerprint density at radius 1 is 1.17 bits per heavy atom. The number of benzene rings is 2. The average molecular weight is 407 g/mol. The number of hydrogen-bond acceptors (Lipinski definition) is 6. The van der Waals surface area contributed by atoms with E-state index >= 15 is 0 Å². The first-order chi connectivity index (χ1) is 14.6. The second-order valence-corrected chi connectivity index (χ2v) is 7.54. The summed E-state index contributed by atoms with van der Waals surface area (Å²) in [5, 5.41) is 15.5. The van der Waals surface area contributed by atoms with Crippen LogP contribution in [0.1, 0.15) is 29.7 Å². The van der Waals surface area contributed by atoms with Crippen molar-refractivity contribution in [2.45, 2.75) is 39.0 Å². The number of fused-ring (bicyclic) bond motifs is 1. The number of rotatable bonds is 7. The van der Waals surface area contributed by atoms with Crippen LogP contribution in [0.5, 0.6) is 0 Å². The van der Waals surface area contributed by atoms with Gasteiger partial charge in [0.2, 0.25) is 0 Å². The second kappa shape index (κ2) is 9.19. The van der Waals surface area contributed by atoms with Gasteiger partial charge in [0.1, 0.15) is 0 Å². The van der Waals surface area contributed by atoms with Gasteiger partial charge in [0, 0.05) is 42.6 Å². The van der Waals surface area contributed by atoms with Gasteiger partial charge in [-0.15, -0.1) is 0 Å². The van der Waals surface area contributed by atoms with Gasteiger partial charge < -0.3 is 14.8 Å². The normalized spacial score (nSPS) is 14.7. The quantitative estimate of drug-likeness (QED) is 0.449. The van der Waals surface area contributed by atoms with Crippen molar-refractivity contribution in [1.29, 1.82) is 0 Å². The van der Waals surface area contributed by atoms with E-state index in [-0.39, 0.29) is 16.7 Å². The van der Waals surface area contributed by atoms with Gasteiger partial charge in [0.05, 0.1) is 17.6 Å². The first-order valence-electron chi connectivity index (χ1n) is 10.2. The lowest BCUT2D eigenvalue weighted by atomic mass is 10.1. The molecule has 1 saturated heterocycles. The molecule has 0 amide bonds. The fraction of sp³-hybridized carbons (Fsp3) is 0.348. The lowest BCUT2D eigenvalue weighted by Gasteiger charge is -2.22. The maximum absolute atomic E-state index is 11.4. The number of para-hydroxylation sites is 1. The Hall–Kier alpha value is -3.03. The van der Waals surface area contributed by atoms with Crippen molar-refractivity contribution in [3.05, 3.63) is 75.5 Å². The molecule has 1 aromatic heterocycles. The molecule has 3 aromatic rings. The van der Waals surface area contributed by atoms with E-state index in [0.29, 0.717) is 18.7 Å². The van der Waals surface area contributed by atoms with Gasteiger partial charge in [-0.1, -0.05) is 36.4 Å². The van der Waals surface area contributed by atoms with E-state index in [9.17, 15) is 10.1 Å². The number of non-ortho nitro benzene ring substituents is 1. The third-order valence-corrected chi connectivity index (χ3v) is 5.27. The minimum atomic E-state index is -0.388. The molecule has 7 heteroatoms. The Kier molecular flexibility index (Phi) is 6.21. The van der Waals surface area contributed by atoms with E-state index in [1.54, 1.807) is 6.07 Å². The van der Waals surface area contributed by atoms with Crippen molar-refractivity contribution >= 4 is 22.3 Å². The van der Waals surface area contributed by atoms with Crippen molar-refractivity contribution in [3.63, 3.8) is 0 Å². The van der Waals surface area contributed by atoms with Crippen molar-refractivity contribution in [2.24, 2.45) is 0 Å². The molecule has 0 unspecified atom stereocenters. The maximum atomic E-state index is 11.4. The Balaban J connectivity index is 1.47. The summed E-state index contributed by atoms with van der Waals surface area (Å²) >= 11 is 0. The molecule has 1 aliphatic rings. The predicted molar refractivity (Wildman–Crippen MR) is 116 cm³/mol. The molecule has 0 radical (unpaired) electrons. The third-order valence-electron chi connectivity index (χ3n) is 5.27. The van der Waals surface area contributed by atoms with Gasteiger partial charge in [0.25, 0.3) is 5.69 Å². The summed E-state index contributed by atoms with van der Waals surface area (Å²) in [5.41, 5.74) is 4.25. The van der Waals surface area contributed by atoms with E-state index in [4.69, 9.17) is 9.47 Å². The van der Waals surface area contributed by atoms with E-state index in [1.807, 2.05) is 25.1 Å². The zero-order chi connectivity index (χ0) is 20.9. The van der Waals surface area contributed by atoms with Gasteiger partial charge in [-0.25, -0.2) is 4.98 Å². The smallest absolute Gasteiger partial charge is 0.295 e. The first kappa shape index (κ1) is 20.3. The van der Waals surface area contributed by atoms with Crippen LogP contribution in [-0.2, 0) is 22.6 Å². The van der Waals surface area contributed by atoms with Crippen LogP contribution in [0.3, 0.4) is 0 Å². The number of nitro benzene ring substituents is 1. The van der Waals surface area contributed by atoms with Gasteiger partial charge in [-0.2, -0.15) is 0 Å². The number of anilines is 1. The number of nitrogens with one attached hydrogen (secondary N) is 1. The van der Waals surface area contributed by atoms with Gasteiger partial charge in [-0.05, 0) is 37.0 Å². The Bertz CT molecular complexity index is 1050. The van der Waals surface area contributed by atoms with E-state index in [0.717, 1.165) is 53.9 Å². The summed E-state index contributed by atoms with van der Waals surface area (Å²) in [6.45, 7) is 4.57. The third kappa shape index (κ3) is 4.75. The SMILES string of the molecule is Cc1cc(NCc2cccc(COC3CCOCC3)c2)c2cccc([N+](=O)[O-])c2n1. The lowest BCUT2D eigenvalue weighted by Crippen LogP contribution is -2.23. The molecule has 4 rings (SSSR count). The highest BCUT2D eigenvalue weighted by Crippen LogP contribution is 2.30. The van der Waals surface area contributed by atoms with E-state index < -0.39 is 0 Å². The molecular weight excluding hydrogens is 382 g/mol. The second-order valence-electron chi connectivity index (χ2n) is 7.54. The highest BCUT2D eigenvalue weighted by molar-refractivity contribution is 5.96. The molecule has 0 spiro atoms. The zero-order valence-electron chi connectivity index (χ0n) is 17.0. The largest absolute Gasteiger partial charge is 0.381 e. The van der Waals surface area contributed by atoms with Crippen LogP contribution in [-0.4, -0.2) is 29.2 Å². The summed E-state index contributed by atoms with van der Waals surface area (Å²) in [5.74, 6) is 0. The first-order valence-corrected chi connectivity index (χ1v) is 10.2. The molecule has 0 atom stereocenters. The van der Waals surface area contributed by atoms with Crippen LogP contribution in [0.4, 0.5) is 11.4 Å². The minimum Gasteiger partial charge on any atom is -0.381 e. The lowest BCUT2D eigenvalue weighted by molar-refractivity contribution is -0.383. The molecule has 0 bridgehead atoms. The van der Waals surface area contributed by atoms with E-state index in [1.165, 1.54) is 6.07 Å². The summed E-state index contributed by atoms with van der Waals surface area (Å²) in [6, 6.07) is 15.2. The van der Waals surface area contributed by atoms with Crippen molar-refractivity contribution in [3.8, 4) is 0 Å². The van der Waals surface area contributed by atoms with Crippen molar-refractivity contribution in [2.75, 3.05) is 18.5 Å². The highest BCUT2D eigenvalue weighted by Gasteiger charge is 2.16. The molecule has 7 nitrogen and oxygen atoms in total. The molecule has 2 heterocycles. The summed E-state index contributed by atoms with van der Waals surface area (Å²) in [4.78, 5) is 15.4. The standard InChI is InChI=1S/C23H25N3O4/c1-16-12-21(20-6-3-7-22(26(27)28)23(20)25-16)24-14-17-4-2-5-18(13-17)15-30-19-8-10-29-11-9-19/h2-7,12-13,19H,8-11,14-15H2,1H3,(H,24,25). The summed E-state index contributed by atoms with van der Waals surface area (Å²) < 4.78 is 11.4. The van der Waals surface area contributed by atoms with Crippen LogP contribution in [0.25, 0.3) is 10.9 Å². The van der Waals surface area contributed by atoms with Crippen LogP contribution in [0.2, 0.25) is 0 Å². The zero-order valence-corrected chi connectivity index (χ0v) is 17.0. The van der Waals surface area contributed by atoms with E-state index in [2.05, 4.69) is 28.5 Å². The monoisotopic (exact) mass is 407 g/mol. The summed E-state index contributed by atoms with van der Waals surface area (Å²) in [7, 11) is 0. The molecule has 1 N–H and O–H groups in total. The van der Waals surface area contributed by atoms with Crippen LogP contribution in [0.15, 0.2) is 48.5 Å². The fourth-order valence-corrected chi connectivity index (χ4v) is 3.74. The van der Waals surface area contributed by atoms with Crippen LogP contribution < -0.4 is 5.32 Å². The minimum absolute atomic E-state index is 0.0199. The molecule has 1 fully saturated rings. The number of ether oxygens (including phenoxy) is 2. The average Bonchev–Trinajstić information content (AvgIpc) is 2.76.